The lowest BCUT2D eigenvalue weighted by atomic mass is 10.1. The first-order chi connectivity index (χ1) is 8.29. The smallest absolute Gasteiger partial charge is 0.0315 e. The summed E-state index contributed by atoms with van der Waals surface area (Å²) in [5.74, 6) is 0.814. The molecule has 1 aromatic rings. The van der Waals surface area contributed by atoms with Gasteiger partial charge in [-0.05, 0) is 50.5 Å². The summed E-state index contributed by atoms with van der Waals surface area (Å²) in [7, 11) is 0. The quantitative estimate of drug-likeness (QED) is 0.844. The Balaban J connectivity index is 1.75. The van der Waals surface area contributed by atoms with Crippen LogP contribution in [0.25, 0.3) is 0 Å². The van der Waals surface area contributed by atoms with Crippen LogP contribution in [0.3, 0.4) is 0 Å². The van der Waals surface area contributed by atoms with Gasteiger partial charge in [0.25, 0.3) is 0 Å². The fourth-order valence-corrected chi connectivity index (χ4v) is 2.46. The highest BCUT2D eigenvalue weighted by molar-refractivity contribution is 5.12. The van der Waals surface area contributed by atoms with E-state index in [-0.39, 0.29) is 0 Å². The minimum Gasteiger partial charge on any atom is -0.310 e. The van der Waals surface area contributed by atoms with Crippen LogP contribution in [0, 0.1) is 5.92 Å². The first kappa shape index (κ1) is 12.5. The van der Waals surface area contributed by atoms with Crippen LogP contribution in [0.5, 0.6) is 0 Å². The van der Waals surface area contributed by atoms with E-state index < -0.39 is 0 Å². The molecule has 3 heteroatoms. The molecule has 1 aliphatic heterocycles. The second kappa shape index (κ2) is 6.12. The average Bonchev–Trinajstić information content (AvgIpc) is 2.85. The van der Waals surface area contributed by atoms with E-state index in [0.29, 0.717) is 6.04 Å². The molecule has 1 aromatic heterocycles. The van der Waals surface area contributed by atoms with Crippen LogP contribution in [0.2, 0.25) is 0 Å². The SMILES string of the molecule is CCN1CCC(CNC(C)c2cccnc2)C1. The van der Waals surface area contributed by atoms with E-state index >= 15 is 0 Å². The molecule has 0 spiro atoms. The van der Waals surface area contributed by atoms with Crippen LogP contribution in [0.1, 0.15) is 31.9 Å². The van der Waals surface area contributed by atoms with Crippen molar-refractivity contribution in [1.29, 1.82) is 0 Å². The summed E-state index contributed by atoms with van der Waals surface area (Å²) >= 11 is 0. The van der Waals surface area contributed by atoms with E-state index in [1.807, 2.05) is 18.5 Å². The van der Waals surface area contributed by atoms with E-state index in [4.69, 9.17) is 0 Å². The maximum Gasteiger partial charge on any atom is 0.0315 e. The summed E-state index contributed by atoms with van der Waals surface area (Å²) in [5, 5.41) is 3.62. The van der Waals surface area contributed by atoms with Gasteiger partial charge in [-0.25, -0.2) is 0 Å². The second-order valence-corrected chi connectivity index (χ2v) is 4.96. The predicted molar refractivity (Wildman–Crippen MR) is 70.9 cm³/mol. The van der Waals surface area contributed by atoms with E-state index in [0.717, 1.165) is 12.5 Å². The molecule has 2 unspecified atom stereocenters. The Hall–Kier alpha value is -0.930. The van der Waals surface area contributed by atoms with Crippen molar-refractivity contribution in [2.45, 2.75) is 26.3 Å². The number of aromatic nitrogens is 1. The van der Waals surface area contributed by atoms with Crippen molar-refractivity contribution < 1.29 is 0 Å². The lowest BCUT2D eigenvalue weighted by Crippen LogP contribution is -2.28. The Morgan fingerprint density at radius 3 is 3.12 bits per heavy atom. The number of rotatable bonds is 5. The molecule has 2 atom stereocenters. The maximum atomic E-state index is 4.16. The fourth-order valence-electron chi connectivity index (χ4n) is 2.46. The van der Waals surface area contributed by atoms with Gasteiger partial charge in [-0.2, -0.15) is 0 Å². The minimum absolute atomic E-state index is 0.402. The number of hydrogen-bond acceptors (Lipinski definition) is 3. The first-order valence-electron chi connectivity index (χ1n) is 6.65. The third-order valence-electron chi connectivity index (χ3n) is 3.71. The summed E-state index contributed by atoms with van der Waals surface area (Å²) < 4.78 is 0. The number of nitrogens with zero attached hydrogens (tertiary/aromatic N) is 2. The summed E-state index contributed by atoms with van der Waals surface area (Å²) in [6.07, 6.45) is 5.11. The molecule has 3 nitrogen and oxygen atoms in total. The third-order valence-corrected chi connectivity index (χ3v) is 3.71. The Labute approximate surface area is 104 Å². The van der Waals surface area contributed by atoms with Crippen LogP contribution >= 0.6 is 0 Å². The fraction of sp³-hybridized carbons (Fsp3) is 0.643. The normalized spacial score (nSPS) is 22.8. The number of likely N-dealkylation sites (tertiary alicyclic amines) is 1. The zero-order valence-corrected chi connectivity index (χ0v) is 10.9. The molecule has 0 aromatic carbocycles. The zero-order valence-electron chi connectivity index (χ0n) is 10.9. The molecule has 1 N–H and O–H groups in total. The average molecular weight is 233 g/mol. The van der Waals surface area contributed by atoms with E-state index in [2.05, 4.69) is 35.1 Å². The molecule has 0 radical (unpaired) electrons. The maximum absolute atomic E-state index is 4.16. The second-order valence-electron chi connectivity index (χ2n) is 4.96. The predicted octanol–water partition coefficient (Wildman–Crippen LogP) is 2.07. The molecule has 17 heavy (non-hydrogen) atoms. The highest BCUT2D eigenvalue weighted by Gasteiger charge is 2.21. The molecule has 94 valence electrons. The van der Waals surface area contributed by atoms with Crippen molar-refractivity contribution in [3.05, 3.63) is 30.1 Å². The van der Waals surface area contributed by atoms with Gasteiger partial charge >= 0.3 is 0 Å². The molecule has 0 saturated carbocycles. The summed E-state index contributed by atoms with van der Waals surface area (Å²) in [6.45, 7) is 9.28. The number of nitrogens with one attached hydrogen (secondary N) is 1. The van der Waals surface area contributed by atoms with Gasteiger partial charge in [0.2, 0.25) is 0 Å². The van der Waals surface area contributed by atoms with Crippen molar-refractivity contribution in [3.63, 3.8) is 0 Å². The molecule has 1 aliphatic rings. The molecule has 1 fully saturated rings. The van der Waals surface area contributed by atoms with E-state index in [1.165, 1.54) is 31.6 Å². The van der Waals surface area contributed by atoms with Crippen LogP contribution < -0.4 is 5.32 Å². The van der Waals surface area contributed by atoms with Crippen LogP contribution in [-0.4, -0.2) is 36.1 Å². The topological polar surface area (TPSA) is 28.2 Å². The van der Waals surface area contributed by atoms with Gasteiger partial charge in [0.05, 0.1) is 0 Å². The van der Waals surface area contributed by atoms with E-state index in [9.17, 15) is 0 Å². The monoisotopic (exact) mass is 233 g/mol. The standard InChI is InChI=1S/C14H23N3/c1-3-17-8-6-13(11-17)9-16-12(2)14-5-4-7-15-10-14/h4-5,7,10,12-13,16H,3,6,8-9,11H2,1-2H3. The largest absolute Gasteiger partial charge is 0.310 e. The summed E-state index contributed by atoms with van der Waals surface area (Å²) in [4.78, 5) is 6.69. The van der Waals surface area contributed by atoms with Crippen molar-refractivity contribution >= 4 is 0 Å². The molecule has 0 amide bonds. The lowest BCUT2D eigenvalue weighted by Gasteiger charge is -2.18. The summed E-state index contributed by atoms with van der Waals surface area (Å²) in [5.41, 5.74) is 1.28. The molecule has 2 rings (SSSR count). The molecular formula is C14H23N3. The highest BCUT2D eigenvalue weighted by atomic mass is 15.1. The van der Waals surface area contributed by atoms with Crippen LogP contribution in [0.4, 0.5) is 0 Å². The Kier molecular flexibility index (Phi) is 4.51. The Bertz CT molecular complexity index is 325. The first-order valence-corrected chi connectivity index (χ1v) is 6.65. The van der Waals surface area contributed by atoms with Gasteiger partial charge in [0.15, 0.2) is 0 Å². The van der Waals surface area contributed by atoms with Crippen LogP contribution in [-0.2, 0) is 0 Å². The molecule has 2 heterocycles. The van der Waals surface area contributed by atoms with Crippen LogP contribution in [0.15, 0.2) is 24.5 Å². The van der Waals surface area contributed by atoms with Gasteiger partial charge in [0, 0.05) is 25.0 Å². The molecular weight excluding hydrogens is 210 g/mol. The van der Waals surface area contributed by atoms with Crippen molar-refractivity contribution in [2.75, 3.05) is 26.2 Å². The van der Waals surface area contributed by atoms with Gasteiger partial charge in [-0.1, -0.05) is 13.0 Å². The van der Waals surface area contributed by atoms with Gasteiger partial charge in [-0.3, -0.25) is 4.98 Å². The van der Waals surface area contributed by atoms with E-state index in [1.54, 1.807) is 0 Å². The van der Waals surface area contributed by atoms with Gasteiger partial charge < -0.3 is 10.2 Å². The highest BCUT2D eigenvalue weighted by Crippen LogP contribution is 2.16. The lowest BCUT2D eigenvalue weighted by molar-refractivity contribution is 0.336. The van der Waals surface area contributed by atoms with Crippen molar-refractivity contribution in [3.8, 4) is 0 Å². The molecule has 1 saturated heterocycles. The Morgan fingerprint density at radius 1 is 1.59 bits per heavy atom. The summed E-state index contributed by atoms with van der Waals surface area (Å²) in [6, 6.07) is 4.54. The number of hydrogen-bond donors (Lipinski definition) is 1. The van der Waals surface area contributed by atoms with Crippen molar-refractivity contribution in [1.82, 2.24) is 15.2 Å². The van der Waals surface area contributed by atoms with Crippen molar-refractivity contribution in [2.24, 2.45) is 5.92 Å². The molecule has 0 aliphatic carbocycles. The van der Waals surface area contributed by atoms with Gasteiger partial charge in [0.1, 0.15) is 0 Å². The zero-order chi connectivity index (χ0) is 12.1. The van der Waals surface area contributed by atoms with Gasteiger partial charge in [-0.15, -0.1) is 0 Å². The Morgan fingerprint density at radius 2 is 2.47 bits per heavy atom. The minimum atomic E-state index is 0.402. The number of pyridine rings is 1. The molecule has 0 bridgehead atoms. The third kappa shape index (κ3) is 3.51.